The molecule has 16 nitrogen and oxygen atoms in total. The Kier molecular flexibility index (Phi) is 18.1. The number of hydrogen-bond acceptors (Lipinski definition) is 13. The van der Waals surface area contributed by atoms with Gasteiger partial charge < -0.3 is 44.2 Å². The third-order valence-electron chi connectivity index (χ3n) is 11.3. The van der Waals surface area contributed by atoms with E-state index in [4.69, 9.17) is 42.1 Å². The highest BCUT2D eigenvalue weighted by molar-refractivity contribution is 6.32. The number of benzene rings is 4. The van der Waals surface area contributed by atoms with E-state index >= 15 is 0 Å². The van der Waals surface area contributed by atoms with E-state index in [1.165, 1.54) is 26.2 Å². The highest BCUT2D eigenvalue weighted by Gasteiger charge is 2.29. The molecule has 362 valence electrons. The van der Waals surface area contributed by atoms with Crippen LogP contribution in [0, 0.1) is 36.5 Å². The Hall–Kier alpha value is -7.28. The Balaban J connectivity index is 1.21. The molecule has 0 bridgehead atoms. The predicted molar refractivity (Wildman–Crippen MR) is 261 cm³/mol. The number of nitrogens with zero attached hydrogens (tertiary/aromatic N) is 4. The normalized spacial score (nSPS) is 12.7. The van der Waals surface area contributed by atoms with Crippen LogP contribution in [0.5, 0.6) is 23.0 Å². The lowest BCUT2D eigenvalue weighted by atomic mass is 9.92. The van der Waals surface area contributed by atoms with E-state index in [1.54, 1.807) is 48.8 Å². The number of aliphatic carboxylic acids is 2. The molecule has 2 heterocycles. The first-order valence-corrected chi connectivity index (χ1v) is 22.6. The quantitative estimate of drug-likeness (QED) is 0.0333. The average Bonchev–Trinajstić information content (AvgIpc) is 3.33. The topological polar surface area (TPSA) is 254 Å². The molecule has 0 amide bonds. The molecule has 0 aliphatic rings. The number of hydrogen-bond donors (Lipinski definition) is 6. The maximum absolute atomic E-state index is 11.8. The van der Waals surface area contributed by atoms with Crippen molar-refractivity contribution < 1.29 is 49.0 Å². The molecule has 7 N–H and O–H groups in total. The molecule has 4 unspecified atom stereocenters. The summed E-state index contributed by atoms with van der Waals surface area (Å²) < 4.78 is 25.1. The van der Waals surface area contributed by atoms with Crippen LogP contribution in [0.1, 0.15) is 69.5 Å². The summed E-state index contributed by atoms with van der Waals surface area (Å²) in [6.07, 6.45) is 3.74. The van der Waals surface area contributed by atoms with Gasteiger partial charge in [0.05, 0.1) is 33.4 Å². The molecule has 0 aliphatic carbocycles. The third kappa shape index (κ3) is 13.5. The molecule has 0 saturated heterocycles. The highest BCUT2D eigenvalue weighted by atomic mass is 35.5. The first kappa shape index (κ1) is 52.1. The van der Waals surface area contributed by atoms with Crippen molar-refractivity contribution in [2.24, 2.45) is 0 Å². The number of ether oxygens (including phenoxy) is 4. The van der Waals surface area contributed by atoms with E-state index in [1.807, 2.05) is 50.2 Å². The third-order valence-corrected chi connectivity index (χ3v) is 11.9. The molecule has 2 aromatic heterocycles. The van der Waals surface area contributed by atoms with Crippen LogP contribution < -0.4 is 29.6 Å². The molecule has 4 aromatic carbocycles. The Morgan fingerprint density at radius 2 is 1.04 bits per heavy atom. The maximum Gasteiger partial charge on any atom is 0.501 e. The molecule has 70 heavy (non-hydrogen) atoms. The number of nitriles is 2. The second kappa shape index (κ2) is 24.3. The number of aliphatic hydroxyl groups is 2. The van der Waals surface area contributed by atoms with Crippen molar-refractivity contribution >= 4 is 35.1 Å². The predicted octanol–water partition coefficient (Wildman–Crippen LogP) is 7.95. The largest absolute Gasteiger partial charge is 0.501 e. The zero-order valence-electron chi connectivity index (χ0n) is 38.6. The van der Waals surface area contributed by atoms with Gasteiger partial charge >= 0.3 is 11.9 Å². The van der Waals surface area contributed by atoms with Crippen LogP contribution in [0.4, 0.5) is 0 Å². The summed E-state index contributed by atoms with van der Waals surface area (Å²) in [4.78, 5) is 29.8. The molecule has 6 aromatic rings. The molecule has 0 aliphatic heterocycles. The van der Waals surface area contributed by atoms with Gasteiger partial charge in [0.1, 0.15) is 67.6 Å². The highest BCUT2D eigenvalue weighted by Crippen LogP contribution is 2.37. The minimum absolute atomic E-state index is 0.00684. The van der Waals surface area contributed by atoms with E-state index in [0.29, 0.717) is 56.4 Å². The molecular weight excluding hydrogens is 940 g/mol. The Morgan fingerprint density at radius 1 is 0.629 bits per heavy atom. The molecule has 4 atom stereocenters. The summed E-state index contributed by atoms with van der Waals surface area (Å²) in [6.45, 7) is 7.16. The van der Waals surface area contributed by atoms with Crippen LogP contribution in [-0.2, 0) is 44.3 Å². The minimum atomic E-state index is -1.25. The fraction of sp³-hybridized carbons (Fsp3) is 0.269. The van der Waals surface area contributed by atoms with Crippen molar-refractivity contribution in [1.82, 2.24) is 20.6 Å². The molecular formula is C52H51Cl2N6O10+. The molecule has 0 saturated carbocycles. The van der Waals surface area contributed by atoms with Crippen molar-refractivity contribution in [2.45, 2.75) is 91.5 Å². The number of pyridine rings is 2. The van der Waals surface area contributed by atoms with Crippen molar-refractivity contribution in [2.75, 3.05) is 0 Å². The summed E-state index contributed by atoms with van der Waals surface area (Å²) in [7, 11) is 0. The van der Waals surface area contributed by atoms with Crippen molar-refractivity contribution in [3.63, 3.8) is 0 Å². The summed E-state index contributed by atoms with van der Waals surface area (Å²) in [5.41, 5.74) is 8.62. The van der Waals surface area contributed by atoms with Gasteiger partial charge in [-0.2, -0.15) is 10.5 Å². The van der Waals surface area contributed by atoms with Gasteiger partial charge in [0.2, 0.25) is 0 Å². The lowest BCUT2D eigenvalue weighted by Crippen LogP contribution is -2.44. The van der Waals surface area contributed by atoms with E-state index in [9.17, 15) is 40.5 Å². The molecule has 6 rings (SSSR count). The van der Waals surface area contributed by atoms with Gasteiger partial charge in [0.15, 0.2) is 6.04 Å². The summed E-state index contributed by atoms with van der Waals surface area (Å²) >= 11 is 13.6. The van der Waals surface area contributed by atoms with Crippen LogP contribution in [0.3, 0.4) is 0 Å². The second-order valence-electron chi connectivity index (χ2n) is 16.4. The molecule has 18 heteroatoms. The van der Waals surface area contributed by atoms with Crippen LogP contribution in [0.2, 0.25) is 10.0 Å². The van der Waals surface area contributed by atoms with Crippen molar-refractivity contribution in [1.29, 1.82) is 10.5 Å². The van der Waals surface area contributed by atoms with Gasteiger partial charge in [-0.1, -0.05) is 59.6 Å². The summed E-state index contributed by atoms with van der Waals surface area (Å²) in [6, 6.07) is 23.4. The maximum atomic E-state index is 11.8. The van der Waals surface area contributed by atoms with Gasteiger partial charge in [-0.25, -0.2) is 0 Å². The van der Waals surface area contributed by atoms with Crippen molar-refractivity contribution in [3.8, 4) is 46.3 Å². The second-order valence-corrected chi connectivity index (χ2v) is 17.2. The smallest absolute Gasteiger partial charge is 0.488 e. The number of aliphatic hydroxyl groups excluding tert-OH is 3. The lowest BCUT2D eigenvalue weighted by molar-refractivity contribution is -0.142. The fourth-order valence-corrected chi connectivity index (χ4v) is 7.93. The minimum Gasteiger partial charge on any atom is -0.488 e. The van der Waals surface area contributed by atoms with Crippen LogP contribution in [-0.4, -0.2) is 71.4 Å². The number of carboxylic acid groups (broad SMARTS) is 2. The van der Waals surface area contributed by atoms with E-state index < -0.39 is 36.2 Å². The van der Waals surface area contributed by atoms with Gasteiger partial charge in [-0.15, -0.1) is 0 Å². The monoisotopic (exact) mass is 989 g/mol. The van der Waals surface area contributed by atoms with Crippen molar-refractivity contribution in [3.05, 3.63) is 163 Å². The van der Waals surface area contributed by atoms with E-state index in [-0.39, 0.29) is 49.6 Å². The number of carboxylic acids is 2. The molecule has 0 radical (unpaired) electrons. The zero-order chi connectivity index (χ0) is 50.5. The summed E-state index contributed by atoms with van der Waals surface area (Å²) in [5, 5.41) is 64.5. The average molecular weight is 991 g/mol. The number of nitrogens with one attached hydrogen (secondary N) is 2. The van der Waals surface area contributed by atoms with E-state index in [0.717, 1.165) is 33.4 Å². The first-order valence-electron chi connectivity index (χ1n) is 21.9. The first-order chi connectivity index (χ1) is 33.6. The Bertz CT molecular complexity index is 2740. The zero-order valence-corrected chi connectivity index (χ0v) is 40.1. The number of carbonyl (C=O) groups is 1. The number of rotatable bonds is 23. The fourth-order valence-electron chi connectivity index (χ4n) is 7.45. The number of aromatic nitrogens is 2. The molecule has 0 spiro atoms. The van der Waals surface area contributed by atoms with Crippen LogP contribution in [0.15, 0.2) is 97.6 Å². The number of halogens is 2. The Labute approximate surface area is 414 Å². The Morgan fingerprint density at radius 3 is 1.43 bits per heavy atom. The summed E-state index contributed by atoms with van der Waals surface area (Å²) in [5.74, 6) is -0.873. The van der Waals surface area contributed by atoms with Crippen LogP contribution in [0.25, 0.3) is 11.1 Å². The van der Waals surface area contributed by atoms with Gasteiger partial charge in [-0.3, -0.25) is 25.4 Å². The standard InChI is InChI=1S/C52H50Cl2N6O10/c1-29-37(27-69-47-15-45(67-25-35-11-33(17-55)19-57-21-35)39(13-43(47)53)23-59-49(31(3)61)51(63)64)7-5-9-41(29)42-10-6-8-38(30(42)2)28-70-48-16-46(68-26-36-12-34(18-56)20-58-22-36)40(14-44(48)54)24-60-50(32(4)62)52(65)66/h5-16,19-22,31-32,49-50,59-62H,23-28H2,1-4H3,(H,63,64)(H,65,66)/p+1. The van der Waals surface area contributed by atoms with Gasteiger partial charge in [0.25, 0.3) is 0 Å². The van der Waals surface area contributed by atoms with Gasteiger partial charge in [-0.05, 0) is 85.3 Å². The van der Waals surface area contributed by atoms with Gasteiger partial charge in [0, 0.05) is 72.3 Å². The SMILES string of the molecule is Cc1c(COc2cc(OCc3cncc(C#N)c3)c(CNC(C(=O)O)C(C)O)cc2Cl)cccc1-c1cccc(COc2cc(OCc3cncc(C#N)c3)c(CNC(C(O)=[OH+])C(C)O)cc2Cl)c1C. The lowest BCUT2D eigenvalue weighted by Gasteiger charge is -2.20. The van der Waals surface area contributed by atoms with E-state index in [2.05, 4.69) is 32.7 Å². The molecule has 0 fully saturated rings. The van der Waals surface area contributed by atoms with Crippen LogP contribution >= 0.6 is 23.2 Å².